The predicted octanol–water partition coefficient (Wildman–Crippen LogP) is 2.82. The van der Waals surface area contributed by atoms with Crippen molar-refractivity contribution in [2.75, 3.05) is 0 Å². The Kier molecular flexibility index (Phi) is 10.9. The van der Waals surface area contributed by atoms with Crippen LogP contribution < -0.4 is 0 Å². The van der Waals surface area contributed by atoms with E-state index in [1.54, 1.807) is 6.92 Å². The van der Waals surface area contributed by atoms with Crippen LogP contribution in [0.15, 0.2) is 0 Å². The zero-order valence-electron chi connectivity index (χ0n) is 11.4. The van der Waals surface area contributed by atoms with Gasteiger partial charge in [-0.2, -0.15) is 0 Å². The summed E-state index contributed by atoms with van der Waals surface area (Å²) in [4.78, 5) is 0. The molecule has 0 bridgehead atoms. The maximum Gasteiger partial charge on any atom is 0.156 e. The van der Waals surface area contributed by atoms with Gasteiger partial charge in [0.15, 0.2) is 6.29 Å². The minimum atomic E-state index is -1.39. The Morgan fingerprint density at radius 1 is 0.765 bits per heavy atom. The highest BCUT2D eigenvalue weighted by atomic mass is 16.5. The minimum absolute atomic E-state index is 0.393. The molecule has 2 unspecified atom stereocenters. The first-order chi connectivity index (χ1) is 8.09. The molecule has 0 aliphatic carbocycles. The average molecular weight is 246 g/mol. The third kappa shape index (κ3) is 9.57. The minimum Gasteiger partial charge on any atom is -0.393 e. The maximum absolute atomic E-state index is 9.36. The highest BCUT2D eigenvalue weighted by molar-refractivity contribution is 4.66. The summed E-state index contributed by atoms with van der Waals surface area (Å²) in [6.45, 7) is 3.84. The molecule has 2 atom stereocenters. The second-order valence-corrected chi connectivity index (χ2v) is 5.08. The van der Waals surface area contributed by atoms with Gasteiger partial charge >= 0.3 is 0 Å². The maximum atomic E-state index is 9.36. The second-order valence-electron chi connectivity index (χ2n) is 5.08. The van der Waals surface area contributed by atoms with Gasteiger partial charge in [-0.3, -0.25) is 0 Å². The van der Waals surface area contributed by atoms with Gasteiger partial charge in [-0.05, 0) is 13.3 Å². The molecule has 0 aromatic rings. The van der Waals surface area contributed by atoms with E-state index in [-0.39, 0.29) is 0 Å². The molecule has 0 radical (unpaired) electrons. The van der Waals surface area contributed by atoms with Crippen molar-refractivity contribution >= 4 is 0 Å². The Labute approximate surface area is 106 Å². The van der Waals surface area contributed by atoms with Gasteiger partial charge in [0.2, 0.25) is 0 Å². The molecule has 0 aliphatic rings. The largest absolute Gasteiger partial charge is 0.393 e. The Morgan fingerprint density at radius 3 is 1.65 bits per heavy atom. The molecule has 3 nitrogen and oxygen atoms in total. The summed E-state index contributed by atoms with van der Waals surface area (Å²) in [5.74, 6) is -0.393. The monoisotopic (exact) mass is 246 g/mol. The molecule has 0 heterocycles. The van der Waals surface area contributed by atoms with Crippen molar-refractivity contribution in [1.82, 2.24) is 0 Å². The Hall–Kier alpha value is -0.120. The lowest BCUT2D eigenvalue weighted by atomic mass is 9.95. The van der Waals surface area contributed by atoms with Gasteiger partial charge in [-0.25, -0.2) is 0 Å². The SMILES string of the molecule is CCCCCCCCCCC(C(C)O)C(O)O. The van der Waals surface area contributed by atoms with Gasteiger partial charge in [0.1, 0.15) is 0 Å². The summed E-state index contributed by atoms with van der Waals surface area (Å²) in [5.41, 5.74) is 0. The molecule has 17 heavy (non-hydrogen) atoms. The van der Waals surface area contributed by atoms with Crippen molar-refractivity contribution in [2.45, 2.75) is 84.0 Å². The lowest BCUT2D eigenvalue weighted by molar-refractivity contribution is -0.117. The van der Waals surface area contributed by atoms with Crippen LogP contribution >= 0.6 is 0 Å². The van der Waals surface area contributed by atoms with Crippen LogP contribution in [-0.4, -0.2) is 27.7 Å². The Balaban J connectivity index is 3.37. The summed E-state index contributed by atoms with van der Waals surface area (Å²) in [6, 6.07) is 0. The van der Waals surface area contributed by atoms with Crippen molar-refractivity contribution in [3.05, 3.63) is 0 Å². The molecule has 3 N–H and O–H groups in total. The summed E-state index contributed by atoms with van der Waals surface area (Å²) in [6.07, 6.45) is 8.54. The van der Waals surface area contributed by atoms with Crippen LogP contribution in [0.25, 0.3) is 0 Å². The van der Waals surface area contributed by atoms with Gasteiger partial charge in [-0.15, -0.1) is 0 Å². The number of aliphatic hydroxyl groups excluding tert-OH is 2. The van der Waals surface area contributed by atoms with E-state index in [1.165, 1.54) is 38.5 Å². The zero-order valence-corrected chi connectivity index (χ0v) is 11.4. The quantitative estimate of drug-likeness (QED) is 0.388. The molecular weight excluding hydrogens is 216 g/mol. The first-order valence-electron chi connectivity index (χ1n) is 7.13. The Bertz CT molecular complexity index is 150. The zero-order chi connectivity index (χ0) is 13.1. The van der Waals surface area contributed by atoms with Gasteiger partial charge in [0.05, 0.1) is 6.10 Å². The molecule has 0 spiro atoms. The number of aliphatic hydroxyl groups is 3. The first-order valence-corrected chi connectivity index (χ1v) is 7.13. The van der Waals surface area contributed by atoms with Crippen molar-refractivity contribution in [3.8, 4) is 0 Å². The predicted molar refractivity (Wildman–Crippen MR) is 70.6 cm³/mol. The lowest BCUT2D eigenvalue weighted by Crippen LogP contribution is -2.29. The molecule has 0 fully saturated rings. The highest BCUT2D eigenvalue weighted by Gasteiger charge is 2.21. The van der Waals surface area contributed by atoms with Crippen LogP contribution in [0.3, 0.4) is 0 Å². The van der Waals surface area contributed by atoms with Crippen LogP contribution in [0, 0.1) is 5.92 Å². The van der Waals surface area contributed by atoms with E-state index < -0.39 is 18.3 Å². The fourth-order valence-electron chi connectivity index (χ4n) is 2.15. The van der Waals surface area contributed by atoms with Crippen LogP contribution in [0.2, 0.25) is 0 Å². The smallest absolute Gasteiger partial charge is 0.156 e. The topological polar surface area (TPSA) is 60.7 Å². The van der Waals surface area contributed by atoms with Crippen LogP contribution in [0.5, 0.6) is 0 Å². The van der Waals surface area contributed by atoms with E-state index in [1.807, 2.05) is 0 Å². The standard InChI is InChI=1S/C14H30O3/c1-3-4-5-6-7-8-9-10-11-13(12(2)15)14(16)17/h12-17H,3-11H2,1-2H3. The summed E-state index contributed by atoms with van der Waals surface area (Å²) < 4.78 is 0. The third-order valence-corrected chi connectivity index (χ3v) is 3.39. The second kappa shape index (κ2) is 11.0. The molecule has 0 aliphatic heterocycles. The molecule has 0 aromatic carbocycles. The molecular formula is C14H30O3. The van der Waals surface area contributed by atoms with E-state index in [4.69, 9.17) is 10.2 Å². The molecule has 104 valence electrons. The van der Waals surface area contributed by atoms with E-state index in [2.05, 4.69) is 6.92 Å². The number of hydrogen-bond donors (Lipinski definition) is 3. The highest BCUT2D eigenvalue weighted by Crippen LogP contribution is 2.18. The van der Waals surface area contributed by atoms with Gasteiger partial charge in [0, 0.05) is 5.92 Å². The van der Waals surface area contributed by atoms with E-state index >= 15 is 0 Å². The molecule has 0 rings (SSSR count). The molecule has 0 aromatic heterocycles. The number of unbranched alkanes of at least 4 members (excludes halogenated alkanes) is 7. The fraction of sp³-hybridized carbons (Fsp3) is 1.00. The van der Waals surface area contributed by atoms with Crippen molar-refractivity contribution < 1.29 is 15.3 Å². The average Bonchev–Trinajstić information content (AvgIpc) is 2.26. The molecule has 0 saturated heterocycles. The van der Waals surface area contributed by atoms with Crippen molar-refractivity contribution in [3.63, 3.8) is 0 Å². The van der Waals surface area contributed by atoms with Gasteiger partial charge in [0.25, 0.3) is 0 Å². The molecule has 0 saturated carbocycles. The Morgan fingerprint density at radius 2 is 1.24 bits per heavy atom. The number of hydrogen-bond acceptors (Lipinski definition) is 3. The molecule has 3 heteroatoms. The van der Waals surface area contributed by atoms with E-state index in [0.717, 1.165) is 12.8 Å². The van der Waals surface area contributed by atoms with E-state index in [9.17, 15) is 5.11 Å². The van der Waals surface area contributed by atoms with Gasteiger partial charge in [-0.1, -0.05) is 58.3 Å². The lowest BCUT2D eigenvalue weighted by Gasteiger charge is -2.21. The first kappa shape index (κ1) is 16.9. The fourth-order valence-corrected chi connectivity index (χ4v) is 2.15. The van der Waals surface area contributed by atoms with Crippen LogP contribution in [0.4, 0.5) is 0 Å². The molecule has 0 amide bonds. The van der Waals surface area contributed by atoms with Crippen LogP contribution in [0.1, 0.15) is 71.6 Å². The normalized spacial score (nSPS) is 15.2. The van der Waals surface area contributed by atoms with E-state index in [0.29, 0.717) is 6.42 Å². The summed E-state index contributed by atoms with van der Waals surface area (Å²) in [5, 5.41) is 27.5. The number of rotatable bonds is 11. The van der Waals surface area contributed by atoms with Crippen molar-refractivity contribution in [1.29, 1.82) is 0 Å². The van der Waals surface area contributed by atoms with Crippen molar-refractivity contribution in [2.24, 2.45) is 5.92 Å². The van der Waals surface area contributed by atoms with Crippen LogP contribution in [-0.2, 0) is 0 Å². The summed E-state index contributed by atoms with van der Waals surface area (Å²) in [7, 11) is 0. The van der Waals surface area contributed by atoms with Gasteiger partial charge < -0.3 is 15.3 Å². The third-order valence-electron chi connectivity index (χ3n) is 3.39. The summed E-state index contributed by atoms with van der Waals surface area (Å²) >= 11 is 0.